The van der Waals surface area contributed by atoms with Gasteiger partial charge in [-0.25, -0.2) is 0 Å². The highest BCUT2D eigenvalue weighted by Crippen LogP contribution is 2.43. The molecule has 0 aliphatic heterocycles. The maximum atomic E-state index is 6.60. The second-order valence-electron chi connectivity index (χ2n) is 14.4. The Morgan fingerprint density at radius 2 is 0.893 bits per heavy atom. The smallest absolute Gasteiger partial charge is 0.143 e. The van der Waals surface area contributed by atoms with Crippen LogP contribution >= 0.6 is 0 Å². The van der Waals surface area contributed by atoms with Crippen LogP contribution in [0.15, 0.2) is 209 Å². The van der Waals surface area contributed by atoms with Crippen molar-refractivity contribution in [3.63, 3.8) is 0 Å². The number of para-hydroxylation sites is 5. The maximum Gasteiger partial charge on any atom is 0.143 e. The molecule has 0 saturated carbocycles. The molecule has 0 fully saturated rings. The Bertz CT molecular complexity index is 3240. The van der Waals surface area contributed by atoms with Crippen LogP contribution in [0.4, 0.5) is 11.4 Å². The van der Waals surface area contributed by atoms with Gasteiger partial charge in [-0.15, -0.1) is 0 Å². The molecule has 0 saturated heterocycles. The summed E-state index contributed by atoms with van der Waals surface area (Å²) in [6.07, 6.45) is 0. The molecule has 0 aliphatic carbocycles. The Morgan fingerprint density at radius 3 is 1.64 bits per heavy atom. The summed E-state index contributed by atoms with van der Waals surface area (Å²) in [5.41, 5.74) is 13.8. The van der Waals surface area contributed by atoms with Crippen molar-refractivity contribution in [2.24, 2.45) is 0 Å². The minimum Gasteiger partial charge on any atom is -0.455 e. The van der Waals surface area contributed by atoms with Crippen molar-refractivity contribution in [2.45, 2.75) is 6.54 Å². The van der Waals surface area contributed by atoms with E-state index in [1.807, 2.05) is 18.2 Å². The third-order valence-corrected chi connectivity index (χ3v) is 11.2. The van der Waals surface area contributed by atoms with E-state index >= 15 is 0 Å². The number of fused-ring (bicyclic) bond motifs is 7. The van der Waals surface area contributed by atoms with E-state index in [0.717, 1.165) is 77.5 Å². The minimum absolute atomic E-state index is 0.647. The number of furan rings is 2. The van der Waals surface area contributed by atoms with Gasteiger partial charge in [-0.3, -0.25) is 0 Å². The van der Waals surface area contributed by atoms with Gasteiger partial charge >= 0.3 is 0 Å². The highest BCUT2D eigenvalue weighted by molar-refractivity contribution is 6.11. The Labute approximate surface area is 324 Å². The van der Waals surface area contributed by atoms with Crippen LogP contribution < -0.4 is 4.90 Å². The molecule has 3 heteroatoms. The van der Waals surface area contributed by atoms with Crippen molar-refractivity contribution in [3.8, 4) is 33.4 Å². The largest absolute Gasteiger partial charge is 0.455 e. The second-order valence-corrected chi connectivity index (χ2v) is 14.4. The zero-order valence-electron chi connectivity index (χ0n) is 30.5. The van der Waals surface area contributed by atoms with Crippen LogP contribution in [-0.4, -0.2) is 0 Å². The lowest BCUT2D eigenvalue weighted by atomic mass is 9.95. The quantitative estimate of drug-likeness (QED) is 0.164. The summed E-state index contributed by atoms with van der Waals surface area (Å²) in [5.74, 6) is 0. The maximum absolute atomic E-state index is 6.60. The summed E-state index contributed by atoms with van der Waals surface area (Å²) in [5, 5.41) is 6.97. The van der Waals surface area contributed by atoms with Crippen molar-refractivity contribution < 1.29 is 8.83 Å². The molecule has 0 bridgehead atoms. The summed E-state index contributed by atoms with van der Waals surface area (Å²) < 4.78 is 13.1. The third kappa shape index (κ3) is 5.36. The molecule has 11 aromatic rings. The first-order valence-corrected chi connectivity index (χ1v) is 19.1. The average molecular weight is 718 g/mol. The zero-order valence-corrected chi connectivity index (χ0v) is 30.5. The number of hydrogen-bond acceptors (Lipinski definition) is 3. The Hall–Kier alpha value is -7.36. The molecule has 0 unspecified atom stereocenters. The van der Waals surface area contributed by atoms with Crippen molar-refractivity contribution in [3.05, 3.63) is 206 Å². The van der Waals surface area contributed by atoms with E-state index in [1.54, 1.807) is 0 Å². The van der Waals surface area contributed by atoms with Crippen LogP contribution in [-0.2, 0) is 6.54 Å². The predicted molar refractivity (Wildman–Crippen MR) is 234 cm³/mol. The van der Waals surface area contributed by atoms with E-state index in [2.05, 4.69) is 187 Å². The Kier molecular flexibility index (Phi) is 7.56. The van der Waals surface area contributed by atoms with E-state index in [-0.39, 0.29) is 0 Å². The minimum atomic E-state index is 0.647. The van der Waals surface area contributed by atoms with Gasteiger partial charge in [0.2, 0.25) is 0 Å². The fourth-order valence-corrected chi connectivity index (χ4v) is 8.47. The van der Waals surface area contributed by atoms with Crippen molar-refractivity contribution in [1.29, 1.82) is 0 Å². The zero-order chi connectivity index (χ0) is 37.0. The topological polar surface area (TPSA) is 29.5 Å². The molecule has 0 spiro atoms. The van der Waals surface area contributed by atoms with Gasteiger partial charge in [0.05, 0.1) is 0 Å². The molecule has 56 heavy (non-hydrogen) atoms. The van der Waals surface area contributed by atoms with E-state index in [0.29, 0.717) is 6.54 Å². The van der Waals surface area contributed by atoms with Gasteiger partial charge in [-0.1, -0.05) is 164 Å². The first-order valence-electron chi connectivity index (χ1n) is 19.1. The van der Waals surface area contributed by atoms with Crippen molar-refractivity contribution in [2.75, 3.05) is 4.90 Å². The standard InChI is InChI=1S/C53H35NO2/c1-2-14-37-33-38(28-27-35(37)13-1)41-16-4-3-15-39(41)34-54(40-31-29-36(30-32-40)42-20-11-22-47-44-18-6-9-25-50(44)55-52(42)47)49-24-8-5-17-43(49)46-21-12-23-48-45-19-7-10-26-51(45)56-53(46)48/h1-33H,34H2. The Morgan fingerprint density at radius 1 is 0.357 bits per heavy atom. The first kappa shape index (κ1) is 32.1. The van der Waals surface area contributed by atoms with Crippen LogP contribution in [0.1, 0.15) is 5.56 Å². The molecular formula is C53H35NO2. The van der Waals surface area contributed by atoms with Gasteiger partial charge in [0.15, 0.2) is 0 Å². The van der Waals surface area contributed by atoms with Gasteiger partial charge in [0, 0.05) is 56.2 Å². The first-order chi connectivity index (χ1) is 27.8. The van der Waals surface area contributed by atoms with Crippen LogP contribution in [0.3, 0.4) is 0 Å². The number of hydrogen-bond donors (Lipinski definition) is 0. The molecule has 2 aromatic heterocycles. The molecule has 0 atom stereocenters. The lowest BCUT2D eigenvalue weighted by Crippen LogP contribution is -2.18. The summed E-state index contributed by atoms with van der Waals surface area (Å²) in [7, 11) is 0. The molecule has 9 aromatic carbocycles. The highest BCUT2D eigenvalue weighted by Gasteiger charge is 2.21. The van der Waals surface area contributed by atoms with Gasteiger partial charge in [-0.05, 0) is 69.4 Å². The number of rotatable bonds is 7. The molecular weight excluding hydrogens is 683 g/mol. The molecule has 0 amide bonds. The predicted octanol–water partition coefficient (Wildman–Crippen LogP) is 15.0. The number of benzene rings is 9. The summed E-state index contributed by atoms with van der Waals surface area (Å²) in [4.78, 5) is 2.45. The van der Waals surface area contributed by atoms with Crippen LogP contribution in [0.2, 0.25) is 0 Å². The average Bonchev–Trinajstić information content (AvgIpc) is 3.85. The van der Waals surface area contributed by atoms with E-state index < -0.39 is 0 Å². The van der Waals surface area contributed by atoms with Gasteiger partial charge in [-0.2, -0.15) is 0 Å². The molecule has 2 heterocycles. The van der Waals surface area contributed by atoms with Crippen molar-refractivity contribution >= 4 is 66.0 Å². The monoisotopic (exact) mass is 717 g/mol. The lowest BCUT2D eigenvalue weighted by molar-refractivity contribution is 0.669. The normalized spacial score (nSPS) is 11.6. The highest BCUT2D eigenvalue weighted by atomic mass is 16.3. The van der Waals surface area contributed by atoms with Crippen LogP contribution in [0, 0.1) is 0 Å². The number of nitrogens with zero attached hydrogens (tertiary/aromatic N) is 1. The molecule has 11 rings (SSSR count). The molecule has 0 N–H and O–H groups in total. The lowest BCUT2D eigenvalue weighted by Gasteiger charge is -2.29. The molecule has 264 valence electrons. The summed E-state index contributed by atoms with van der Waals surface area (Å²) in [6, 6.07) is 71.3. The van der Waals surface area contributed by atoms with Crippen LogP contribution in [0.5, 0.6) is 0 Å². The third-order valence-electron chi connectivity index (χ3n) is 11.2. The molecule has 3 nitrogen and oxygen atoms in total. The van der Waals surface area contributed by atoms with E-state index in [1.165, 1.54) is 27.5 Å². The van der Waals surface area contributed by atoms with Gasteiger partial charge in [0.1, 0.15) is 22.3 Å². The second kappa shape index (κ2) is 13.2. The summed E-state index contributed by atoms with van der Waals surface area (Å²) >= 11 is 0. The molecule has 0 radical (unpaired) electrons. The fraction of sp³-hybridized carbons (Fsp3) is 0.0189. The molecule has 0 aliphatic rings. The Balaban J connectivity index is 1.07. The fourth-order valence-electron chi connectivity index (χ4n) is 8.47. The van der Waals surface area contributed by atoms with Gasteiger partial charge in [0.25, 0.3) is 0 Å². The number of anilines is 2. The SMILES string of the molecule is c1ccc(-c2ccc3ccccc3c2)c(CN(c2ccc(-c3cccc4c3oc3ccccc34)cc2)c2ccccc2-c2cccc3c2oc2ccccc23)c1. The van der Waals surface area contributed by atoms with Gasteiger partial charge < -0.3 is 13.7 Å². The van der Waals surface area contributed by atoms with E-state index in [9.17, 15) is 0 Å². The van der Waals surface area contributed by atoms with Crippen LogP contribution in [0.25, 0.3) is 88.0 Å². The van der Waals surface area contributed by atoms with Crippen molar-refractivity contribution in [1.82, 2.24) is 0 Å². The van der Waals surface area contributed by atoms with E-state index in [4.69, 9.17) is 8.83 Å². The summed E-state index contributed by atoms with van der Waals surface area (Å²) in [6.45, 7) is 0.647.